The topological polar surface area (TPSA) is 43.4 Å². The second kappa shape index (κ2) is 8.55. The van der Waals surface area contributed by atoms with Crippen molar-refractivity contribution in [2.24, 2.45) is 17.3 Å². The Morgan fingerprint density at radius 1 is 1.05 bits per heavy atom. The first-order valence-corrected chi connectivity index (χ1v) is 8.53. The number of carbonyl (C=O) groups excluding carboxylic acids is 2. The molecule has 3 heteroatoms. The molecule has 0 aromatic heterocycles. The molecular formula is C18H32O3. The maximum absolute atomic E-state index is 12.2. The molecular weight excluding hydrogens is 264 g/mol. The van der Waals surface area contributed by atoms with E-state index in [1.165, 1.54) is 0 Å². The summed E-state index contributed by atoms with van der Waals surface area (Å²) >= 11 is 0. The highest BCUT2D eigenvalue weighted by Gasteiger charge is 2.32. The van der Waals surface area contributed by atoms with E-state index in [9.17, 15) is 9.59 Å². The molecule has 0 spiro atoms. The van der Waals surface area contributed by atoms with Crippen molar-refractivity contribution >= 4 is 11.8 Å². The maximum atomic E-state index is 12.2. The fourth-order valence-corrected chi connectivity index (χ4v) is 3.11. The van der Waals surface area contributed by atoms with Crippen LogP contribution in [-0.4, -0.2) is 18.4 Å². The molecule has 0 atom stereocenters. The van der Waals surface area contributed by atoms with Gasteiger partial charge in [-0.05, 0) is 43.4 Å². The van der Waals surface area contributed by atoms with Crippen molar-refractivity contribution in [3.63, 3.8) is 0 Å². The molecule has 1 rings (SSSR count). The molecule has 1 saturated carbocycles. The van der Waals surface area contributed by atoms with Crippen LogP contribution in [0.15, 0.2) is 0 Å². The minimum absolute atomic E-state index is 0.173. The number of carbonyl (C=O) groups is 2. The van der Waals surface area contributed by atoms with Crippen LogP contribution in [0.3, 0.4) is 0 Å². The fourth-order valence-electron chi connectivity index (χ4n) is 3.11. The molecule has 1 aliphatic rings. The normalized spacial score (nSPS) is 22.9. The standard InChI is InChI=1S/C18H32O3/c1-5-6-13-21-17(20)12-11-16(19)14-7-9-15(10-8-14)18(2,3)4/h14-15H,5-13H2,1-4H3. The SMILES string of the molecule is CCCCOC(=O)CCC(=O)C1CCC(C(C)(C)C)CC1. The van der Waals surface area contributed by atoms with Gasteiger partial charge in [-0.2, -0.15) is 0 Å². The molecule has 0 unspecified atom stereocenters. The number of hydrogen-bond donors (Lipinski definition) is 0. The van der Waals surface area contributed by atoms with Crippen LogP contribution in [0.2, 0.25) is 0 Å². The van der Waals surface area contributed by atoms with Gasteiger partial charge in [0.15, 0.2) is 0 Å². The molecule has 3 nitrogen and oxygen atoms in total. The summed E-state index contributed by atoms with van der Waals surface area (Å²) < 4.78 is 5.09. The lowest BCUT2D eigenvalue weighted by Gasteiger charge is -2.36. The van der Waals surface area contributed by atoms with Crippen molar-refractivity contribution in [2.75, 3.05) is 6.61 Å². The van der Waals surface area contributed by atoms with E-state index in [1.807, 2.05) is 0 Å². The average molecular weight is 296 g/mol. The van der Waals surface area contributed by atoms with Gasteiger partial charge in [0, 0.05) is 12.3 Å². The first-order valence-electron chi connectivity index (χ1n) is 8.53. The lowest BCUT2D eigenvalue weighted by atomic mass is 9.69. The fraction of sp³-hybridized carbons (Fsp3) is 0.889. The monoisotopic (exact) mass is 296 g/mol. The van der Waals surface area contributed by atoms with Gasteiger partial charge in [-0.3, -0.25) is 9.59 Å². The van der Waals surface area contributed by atoms with E-state index >= 15 is 0 Å². The average Bonchev–Trinajstić information content (AvgIpc) is 2.44. The molecule has 1 fully saturated rings. The van der Waals surface area contributed by atoms with Gasteiger partial charge in [0.2, 0.25) is 0 Å². The largest absolute Gasteiger partial charge is 0.466 e. The van der Waals surface area contributed by atoms with Crippen molar-refractivity contribution in [3.05, 3.63) is 0 Å². The number of Topliss-reactive ketones (excluding diaryl/α,β-unsaturated/α-hetero) is 1. The predicted molar refractivity (Wildman–Crippen MR) is 85.0 cm³/mol. The van der Waals surface area contributed by atoms with Gasteiger partial charge in [-0.1, -0.05) is 34.1 Å². The van der Waals surface area contributed by atoms with Crippen molar-refractivity contribution in [1.82, 2.24) is 0 Å². The minimum atomic E-state index is -0.222. The zero-order chi connectivity index (χ0) is 15.9. The third-order valence-electron chi connectivity index (χ3n) is 4.74. The molecule has 122 valence electrons. The van der Waals surface area contributed by atoms with Crippen molar-refractivity contribution in [3.8, 4) is 0 Å². The number of ether oxygens (including phenoxy) is 1. The number of esters is 1. The molecule has 1 aliphatic carbocycles. The number of ketones is 1. The van der Waals surface area contributed by atoms with Crippen molar-refractivity contribution in [1.29, 1.82) is 0 Å². The highest BCUT2D eigenvalue weighted by atomic mass is 16.5. The third kappa shape index (κ3) is 6.62. The molecule has 0 aliphatic heterocycles. The molecule has 0 bridgehead atoms. The Labute approximate surface area is 129 Å². The van der Waals surface area contributed by atoms with E-state index in [2.05, 4.69) is 27.7 Å². The summed E-state index contributed by atoms with van der Waals surface area (Å²) in [6.45, 7) is 9.40. The lowest BCUT2D eigenvalue weighted by Crippen LogP contribution is -2.29. The molecule has 0 amide bonds. The minimum Gasteiger partial charge on any atom is -0.466 e. The Balaban J connectivity index is 2.24. The van der Waals surface area contributed by atoms with Crippen molar-refractivity contribution < 1.29 is 14.3 Å². The summed E-state index contributed by atoms with van der Waals surface area (Å²) in [4.78, 5) is 23.7. The zero-order valence-electron chi connectivity index (χ0n) is 14.2. The Kier molecular flexibility index (Phi) is 7.41. The van der Waals surface area contributed by atoms with Gasteiger partial charge in [0.25, 0.3) is 0 Å². The van der Waals surface area contributed by atoms with Crippen LogP contribution in [0, 0.1) is 17.3 Å². The summed E-state index contributed by atoms with van der Waals surface area (Å²) in [6.07, 6.45) is 6.79. The van der Waals surface area contributed by atoms with Gasteiger partial charge >= 0.3 is 5.97 Å². The Morgan fingerprint density at radius 3 is 2.19 bits per heavy atom. The van der Waals surface area contributed by atoms with Crippen molar-refractivity contribution in [2.45, 2.75) is 79.1 Å². The second-order valence-electron chi connectivity index (χ2n) is 7.45. The molecule has 0 N–H and O–H groups in total. The smallest absolute Gasteiger partial charge is 0.306 e. The summed E-state index contributed by atoms with van der Waals surface area (Å²) in [5, 5.41) is 0. The van der Waals surface area contributed by atoms with Crippen LogP contribution in [0.1, 0.15) is 79.1 Å². The Bertz CT molecular complexity index is 333. The molecule has 0 heterocycles. The molecule has 21 heavy (non-hydrogen) atoms. The van der Waals surface area contributed by atoms with Gasteiger partial charge in [0.1, 0.15) is 5.78 Å². The van der Waals surface area contributed by atoms with Crippen LogP contribution in [0.25, 0.3) is 0 Å². The Morgan fingerprint density at radius 2 is 1.67 bits per heavy atom. The Hall–Kier alpha value is -0.860. The number of hydrogen-bond acceptors (Lipinski definition) is 3. The van der Waals surface area contributed by atoms with Crippen LogP contribution in [0.5, 0.6) is 0 Å². The maximum Gasteiger partial charge on any atom is 0.306 e. The van der Waals surface area contributed by atoms with E-state index < -0.39 is 0 Å². The molecule has 0 saturated heterocycles. The zero-order valence-corrected chi connectivity index (χ0v) is 14.2. The number of unbranched alkanes of at least 4 members (excludes halogenated alkanes) is 1. The first-order chi connectivity index (χ1) is 9.84. The molecule has 0 aromatic carbocycles. The highest BCUT2D eigenvalue weighted by Crippen LogP contribution is 2.40. The van der Waals surface area contributed by atoms with E-state index in [0.29, 0.717) is 18.4 Å². The van der Waals surface area contributed by atoms with Gasteiger partial charge in [-0.15, -0.1) is 0 Å². The summed E-state index contributed by atoms with van der Waals surface area (Å²) in [5.41, 5.74) is 0.344. The summed E-state index contributed by atoms with van der Waals surface area (Å²) in [7, 11) is 0. The number of rotatable bonds is 7. The van der Waals surface area contributed by atoms with Crippen LogP contribution >= 0.6 is 0 Å². The predicted octanol–water partition coefficient (Wildman–Crippen LogP) is 4.53. The summed E-state index contributed by atoms with van der Waals surface area (Å²) in [5.74, 6) is 0.933. The van der Waals surface area contributed by atoms with Gasteiger partial charge in [-0.25, -0.2) is 0 Å². The van der Waals surface area contributed by atoms with E-state index in [4.69, 9.17) is 4.74 Å². The van der Waals surface area contributed by atoms with Gasteiger partial charge < -0.3 is 4.74 Å². The van der Waals surface area contributed by atoms with Gasteiger partial charge in [0.05, 0.1) is 13.0 Å². The van der Waals surface area contributed by atoms with E-state index in [-0.39, 0.29) is 24.1 Å². The van der Waals surface area contributed by atoms with E-state index in [0.717, 1.165) is 44.4 Å². The van der Waals surface area contributed by atoms with Crippen LogP contribution < -0.4 is 0 Å². The molecule has 0 radical (unpaired) electrons. The van der Waals surface area contributed by atoms with Crippen LogP contribution in [-0.2, 0) is 14.3 Å². The second-order valence-corrected chi connectivity index (χ2v) is 7.45. The van der Waals surface area contributed by atoms with Crippen LogP contribution in [0.4, 0.5) is 0 Å². The summed E-state index contributed by atoms with van der Waals surface area (Å²) in [6, 6.07) is 0. The van der Waals surface area contributed by atoms with E-state index in [1.54, 1.807) is 0 Å². The quantitative estimate of drug-likeness (QED) is 0.512. The first kappa shape index (κ1) is 18.2. The molecule has 0 aromatic rings. The third-order valence-corrected chi connectivity index (χ3v) is 4.74. The highest BCUT2D eigenvalue weighted by molar-refractivity contribution is 5.84. The lowest BCUT2D eigenvalue weighted by molar-refractivity contribution is -0.145.